The zero-order valence-electron chi connectivity index (χ0n) is 12.1. The summed E-state index contributed by atoms with van der Waals surface area (Å²) in [6, 6.07) is 14.4. The largest absolute Gasteiger partial charge is 0.398 e. The number of nitrogens with two attached hydrogens (primary N) is 1. The van der Waals surface area contributed by atoms with Gasteiger partial charge in [-0.1, -0.05) is 23.8 Å². The standard InChI is InChI=1S/C17H17N3O/c1-11-3-8-16(19)15(9-11)17(21)20-12(2)14-6-4-13(10-18)5-7-14/h3-9,12H,19H2,1-2H3,(H,20,21). The molecule has 0 fully saturated rings. The van der Waals surface area contributed by atoms with Crippen LogP contribution in [0.2, 0.25) is 0 Å². The third-order valence-electron chi connectivity index (χ3n) is 3.34. The summed E-state index contributed by atoms with van der Waals surface area (Å²) < 4.78 is 0. The molecule has 0 aliphatic carbocycles. The van der Waals surface area contributed by atoms with Gasteiger partial charge in [-0.05, 0) is 43.7 Å². The molecule has 0 saturated carbocycles. The number of nitrogens with one attached hydrogen (secondary N) is 1. The summed E-state index contributed by atoms with van der Waals surface area (Å²) in [5, 5.41) is 11.7. The molecule has 4 nitrogen and oxygen atoms in total. The summed E-state index contributed by atoms with van der Waals surface area (Å²) in [7, 11) is 0. The van der Waals surface area contributed by atoms with Gasteiger partial charge in [-0.25, -0.2) is 0 Å². The van der Waals surface area contributed by atoms with Gasteiger partial charge in [0.05, 0.1) is 23.2 Å². The molecular weight excluding hydrogens is 262 g/mol. The number of amides is 1. The molecule has 0 radical (unpaired) electrons. The molecule has 1 amide bonds. The summed E-state index contributed by atoms with van der Waals surface area (Å²) >= 11 is 0. The molecule has 0 spiro atoms. The van der Waals surface area contributed by atoms with Crippen molar-refractivity contribution in [2.45, 2.75) is 19.9 Å². The highest BCUT2D eigenvalue weighted by Gasteiger charge is 2.14. The highest BCUT2D eigenvalue weighted by Crippen LogP contribution is 2.17. The molecule has 0 saturated heterocycles. The maximum absolute atomic E-state index is 12.3. The van der Waals surface area contributed by atoms with Gasteiger partial charge < -0.3 is 11.1 Å². The SMILES string of the molecule is Cc1ccc(N)c(C(=O)NC(C)c2ccc(C#N)cc2)c1. The van der Waals surface area contributed by atoms with Crippen LogP contribution >= 0.6 is 0 Å². The van der Waals surface area contributed by atoms with Crippen LogP contribution in [0.25, 0.3) is 0 Å². The maximum Gasteiger partial charge on any atom is 0.253 e. The Morgan fingerprint density at radius 2 is 1.90 bits per heavy atom. The van der Waals surface area contributed by atoms with Gasteiger partial charge in [0.15, 0.2) is 0 Å². The average molecular weight is 279 g/mol. The Balaban J connectivity index is 2.14. The number of rotatable bonds is 3. The lowest BCUT2D eigenvalue weighted by Gasteiger charge is -2.15. The Morgan fingerprint density at radius 1 is 1.24 bits per heavy atom. The van der Waals surface area contributed by atoms with Gasteiger partial charge in [-0.3, -0.25) is 4.79 Å². The van der Waals surface area contributed by atoms with Crippen molar-refractivity contribution in [1.82, 2.24) is 5.32 Å². The van der Waals surface area contributed by atoms with Crippen LogP contribution in [0.4, 0.5) is 5.69 Å². The van der Waals surface area contributed by atoms with Crippen LogP contribution in [0.15, 0.2) is 42.5 Å². The molecule has 1 unspecified atom stereocenters. The monoisotopic (exact) mass is 279 g/mol. The van der Waals surface area contributed by atoms with Crippen molar-refractivity contribution >= 4 is 11.6 Å². The third kappa shape index (κ3) is 3.40. The number of nitrogen functional groups attached to an aromatic ring is 1. The van der Waals surface area contributed by atoms with Crippen molar-refractivity contribution in [2.24, 2.45) is 0 Å². The lowest BCUT2D eigenvalue weighted by Crippen LogP contribution is -2.27. The highest BCUT2D eigenvalue weighted by molar-refractivity contribution is 5.99. The van der Waals surface area contributed by atoms with Crippen LogP contribution in [-0.4, -0.2) is 5.91 Å². The fourth-order valence-electron chi connectivity index (χ4n) is 2.07. The summed E-state index contributed by atoms with van der Waals surface area (Å²) in [4.78, 5) is 12.3. The number of hydrogen-bond acceptors (Lipinski definition) is 3. The Kier molecular flexibility index (Phi) is 4.24. The summed E-state index contributed by atoms with van der Waals surface area (Å²) in [5.74, 6) is -0.201. The van der Waals surface area contributed by atoms with E-state index in [1.54, 1.807) is 24.3 Å². The molecule has 2 rings (SSSR count). The van der Waals surface area contributed by atoms with Crippen LogP contribution in [0.3, 0.4) is 0 Å². The minimum Gasteiger partial charge on any atom is -0.398 e. The molecule has 3 N–H and O–H groups in total. The molecule has 0 aliphatic rings. The van der Waals surface area contributed by atoms with E-state index in [-0.39, 0.29) is 11.9 Å². The third-order valence-corrected chi connectivity index (χ3v) is 3.34. The van der Waals surface area contributed by atoms with Crippen molar-refractivity contribution in [3.63, 3.8) is 0 Å². The van der Waals surface area contributed by atoms with Gasteiger partial charge >= 0.3 is 0 Å². The Bertz CT molecular complexity index is 699. The van der Waals surface area contributed by atoms with Gasteiger partial charge in [0.2, 0.25) is 0 Å². The predicted octanol–water partition coefficient (Wildman–Crippen LogP) is 2.94. The van der Waals surface area contributed by atoms with Gasteiger partial charge in [-0.15, -0.1) is 0 Å². The molecule has 2 aromatic rings. The first-order chi connectivity index (χ1) is 10.0. The molecule has 0 bridgehead atoms. The molecule has 0 aromatic heterocycles. The minimum absolute atomic E-state index is 0.162. The van der Waals surface area contributed by atoms with E-state index in [9.17, 15) is 4.79 Å². The second-order valence-electron chi connectivity index (χ2n) is 5.02. The summed E-state index contributed by atoms with van der Waals surface area (Å²) in [5.41, 5.74) is 9.31. The van der Waals surface area contributed by atoms with E-state index in [1.807, 2.05) is 32.0 Å². The van der Waals surface area contributed by atoms with E-state index in [2.05, 4.69) is 11.4 Å². The number of hydrogen-bond donors (Lipinski definition) is 2. The Labute approximate surface area is 124 Å². The quantitative estimate of drug-likeness (QED) is 0.848. The lowest BCUT2D eigenvalue weighted by atomic mass is 10.0. The van der Waals surface area contributed by atoms with Crippen LogP contribution in [0.1, 0.15) is 40.0 Å². The summed E-state index contributed by atoms with van der Waals surface area (Å²) in [6.07, 6.45) is 0. The lowest BCUT2D eigenvalue weighted by molar-refractivity contribution is 0.0940. The van der Waals surface area contributed by atoms with E-state index in [4.69, 9.17) is 11.0 Å². The smallest absolute Gasteiger partial charge is 0.253 e. The number of aryl methyl sites for hydroxylation is 1. The molecule has 0 heterocycles. The normalized spacial score (nSPS) is 11.5. The van der Waals surface area contributed by atoms with E-state index in [0.717, 1.165) is 11.1 Å². The Morgan fingerprint density at radius 3 is 2.52 bits per heavy atom. The van der Waals surface area contributed by atoms with Crippen LogP contribution in [0.5, 0.6) is 0 Å². The highest BCUT2D eigenvalue weighted by atomic mass is 16.1. The molecule has 21 heavy (non-hydrogen) atoms. The van der Waals surface area contributed by atoms with Crippen molar-refractivity contribution < 1.29 is 4.79 Å². The second-order valence-corrected chi connectivity index (χ2v) is 5.02. The predicted molar refractivity (Wildman–Crippen MR) is 82.6 cm³/mol. The van der Waals surface area contributed by atoms with Crippen molar-refractivity contribution in [2.75, 3.05) is 5.73 Å². The molecular formula is C17H17N3O. The zero-order chi connectivity index (χ0) is 15.4. The summed E-state index contributed by atoms with van der Waals surface area (Å²) in [6.45, 7) is 3.81. The number of carbonyl (C=O) groups is 1. The Hall–Kier alpha value is -2.80. The van der Waals surface area contributed by atoms with Crippen LogP contribution in [0, 0.1) is 18.3 Å². The second kappa shape index (κ2) is 6.10. The van der Waals surface area contributed by atoms with Crippen molar-refractivity contribution in [3.8, 4) is 6.07 Å². The average Bonchev–Trinajstić information content (AvgIpc) is 2.49. The van der Waals surface area contributed by atoms with Gasteiger partial charge in [0.1, 0.15) is 0 Å². The van der Waals surface area contributed by atoms with Crippen LogP contribution < -0.4 is 11.1 Å². The first kappa shape index (κ1) is 14.6. The van der Waals surface area contributed by atoms with E-state index >= 15 is 0 Å². The number of carbonyl (C=O) groups excluding carboxylic acids is 1. The van der Waals surface area contributed by atoms with Gasteiger partial charge in [0.25, 0.3) is 5.91 Å². The van der Waals surface area contributed by atoms with Crippen molar-refractivity contribution in [1.29, 1.82) is 5.26 Å². The van der Waals surface area contributed by atoms with Gasteiger partial charge in [-0.2, -0.15) is 5.26 Å². The number of benzene rings is 2. The molecule has 106 valence electrons. The number of nitrogens with zero attached hydrogens (tertiary/aromatic N) is 1. The molecule has 4 heteroatoms. The van der Waals surface area contributed by atoms with E-state index in [1.165, 1.54) is 0 Å². The van der Waals surface area contributed by atoms with Crippen molar-refractivity contribution in [3.05, 3.63) is 64.7 Å². The zero-order valence-corrected chi connectivity index (χ0v) is 12.1. The van der Waals surface area contributed by atoms with Crippen LogP contribution in [-0.2, 0) is 0 Å². The fourth-order valence-corrected chi connectivity index (χ4v) is 2.07. The maximum atomic E-state index is 12.3. The molecule has 2 aromatic carbocycles. The van der Waals surface area contributed by atoms with Gasteiger partial charge in [0, 0.05) is 5.69 Å². The molecule has 0 aliphatic heterocycles. The van der Waals surface area contributed by atoms with E-state index < -0.39 is 0 Å². The fraction of sp³-hybridized carbons (Fsp3) is 0.176. The first-order valence-electron chi connectivity index (χ1n) is 6.68. The molecule has 1 atom stereocenters. The first-order valence-corrected chi connectivity index (χ1v) is 6.68. The minimum atomic E-state index is -0.201. The topological polar surface area (TPSA) is 78.9 Å². The number of nitriles is 1. The number of anilines is 1. The van der Waals surface area contributed by atoms with E-state index in [0.29, 0.717) is 16.8 Å².